The number of nitrogens with one attached hydrogen (secondary N) is 1. The molecule has 1 N–H and O–H groups in total. The van der Waals surface area contributed by atoms with E-state index in [1.54, 1.807) is 12.3 Å². The minimum Gasteiger partial charge on any atom is -0.493 e. The van der Waals surface area contributed by atoms with Gasteiger partial charge in [0.1, 0.15) is 5.75 Å². The highest BCUT2D eigenvalue weighted by Gasteiger charge is 2.11. The number of hydrogen-bond acceptors (Lipinski definition) is 3. The van der Waals surface area contributed by atoms with E-state index in [0.717, 1.165) is 35.5 Å². The number of rotatable bonds is 6. The van der Waals surface area contributed by atoms with Gasteiger partial charge in [-0.1, -0.05) is 30.3 Å². The van der Waals surface area contributed by atoms with Crippen molar-refractivity contribution in [1.29, 1.82) is 0 Å². The Bertz CT molecular complexity index is 961. The third-order valence-electron chi connectivity index (χ3n) is 4.60. The van der Waals surface area contributed by atoms with Crippen molar-refractivity contribution in [3.8, 4) is 5.75 Å². The number of hydrogen-bond donors (Lipinski definition) is 1. The average molecular weight is 359 g/mol. The zero-order valence-corrected chi connectivity index (χ0v) is 15.0. The lowest BCUT2D eigenvalue weighted by atomic mass is 10.1. The molecule has 4 rings (SSSR count). The molecule has 2 aromatic carbocycles. The van der Waals surface area contributed by atoms with E-state index in [4.69, 9.17) is 4.74 Å². The molecule has 27 heavy (non-hydrogen) atoms. The van der Waals surface area contributed by atoms with Gasteiger partial charge in [0.15, 0.2) is 0 Å². The average Bonchev–Trinajstić information content (AvgIpc) is 3.37. The summed E-state index contributed by atoms with van der Waals surface area (Å²) in [5, 5.41) is 7.21. The Kier molecular flexibility index (Phi) is 5.01. The van der Waals surface area contributed by atoms with Gasteiger partial charge in [-0.05, 0) is 46.5 Å². The summed E-state index contributed by atoms with van der Waals surface area (Å²) in [6, 6.07) is 16.0. The smallest absolute Gasteiger partial charge is 0.244 e. The number of fused-ring (bicyclic) bond motifs is 1. The van der Waals surface area contributed by atoms with E-state index in [1.165, 1.54) is 5.56 Å². The van der Waals surface area contributed by atoms with Gasteiger partial charge in [-0.15, -0.1) is 0 Å². The Morgan fingerprint density at radius 3 is 2.93 bits per heavy atom. The molecule has 0 saturated carbocycles. The van der Waals surface area contributed by atoms with Crippen molar-refractivity contribution in [3.63, 3.8) is 0 Å². The van der Waals surface area contributed by atoms with E-state index >= 15 is 0 Å². The van der Waals surface area contributed by atoms with E-state index in [2.05, 4.69) is 22.5 Å². The quantitative estimate of drug-likeness (QED) is 0.688. The van der Waals surface area contributed by atoms with Gasteiger partial charge < -0.3 is 10.1 Å². The van der Waals surface area contributed by atoms with Crippen molar-refractivity contribution in [2.75, 3.05) is 6.61 Å². The summed E-state index contributed by atoms with van der Waals surface area (Å²) in [4.78, 5) is 12.2. The lowest BCUT2D eigenvalue weighted by Crippen LogP contribution is -2.21. The molecule has 5 heteroatoms. The maximum absolute atomic E-state index is 12.2. The monoisotopic (exact) mass is 359 g/mol. The highest BCUT2D eigenvalue weighted by molar-refractivity contribution is 5.91. The molecule has 136 valence electrons. The molecule has 1 aliphatic heterocycles. The fourth-order valence-electron chi connectivity index (χ4n) is 3.18. The first-order valence-electron chi connectivity index (χ1n) is 9.04. The highest BCUT2D eigenvalue weighted by Crippen LogP contribution is 2.26. The number of carbonyl (C=O) groups excluding carboxylic acids is 1. The standard InChI is InChI=1S/C22H21N3O2/c26-22(9-7-17-6-8-21-18(14-17)10-13-27-21)23-15-19-4-1-2-5-20(19)16-25-12-3-11-24-25/h1-9,11-12,14H,10,13,15-16H2,(H,23,26)/b9-7+. The van der Waals surface area contributed by atoms with E-state index < -0.39 is 0 Å². The second kappa shape index (κ2) is 7.91. The van der Waals surface area contributed by atoms with Crippen LogP contribution in [0.4, 0.5) is 0 Å². The van der Waals surface area contributed by atoms with Crippen molar-refractivity contribution >= 4 is 12.0 Å². The van der Waals surface area contributed by atoms with Gasteiger partial charge >= 0.3 is 0 Å². The first kappa shape index (κ1) is 17.1. The first-order chi connectivity index (χ1) is 13.3. The van der Waals surface area contributed by atoms with Crippen LogP contribution in [0.1, 0.15) is 22.3 Å². The number of ether oxygens (including phenoxy) is 1. The molecule has 0 radical (unpaired) electrons. The van der Waals surface area contributed by atoms with Crippen molar-refractivity contribution in [2.24, 2.45) is 0 Å². The summed E-state index contributed by atoms with van der Waals surface area (Å²) >= 11 is 0. The normalized spacial score (nSPS) is 12.7. The Labute approximate surface area is 158 Å². The molecule has 0 fully saturated rings. The zero-order chi connectivity index (χ0) is 18.5. The fraction of sp³-hybridized carbons (Fsp3) is 0.182. The zero-order valence-electron chi connectivity index (χ0n) is 15.0. The van der Waals surface area contributed by atoms with Crippen LogP contribution in [0.15, 0.2) is 67.0 Å². The summed E-state index contributed by atoms with van der Waals surface area (Å²) in [5.41, 5.74) is 4.44. The van der Waals surface area contributed by atoms with Crippen LogP contribution in [0.2, 0.25) is 0 Å². The van der Waals surface area contributed by atoms with Gasteiger partial charge in [-0.3, -0.25) is 9.48 Å². The Hall–Kier alpha value is -3.34. The van der Waals surface area contributed by atoms with Crippen molar-refractivity contribution in [1.82, 2.24) is 15.1 Å². The topological polar surface area (TPSA) is 56.1 Å². The molecule has 0 saturated heterocycles. The molecule has 0 bridgehead atoms. The third-order valence-corrected chi connectivity index (χ3v) is 4.60. The maximum Gasteiger partial charge on any atom is 0.244 e. The first-order valence-corrected chi connectivity index (χ1v) is 9.04. The van der Waals surface area contributed by atoms with Crippen LogP contribution in [0.3, 0.4) is 0 Å². The number of amides is 1. The molecule has 0 unspecified atom stereocenters. The summed E-state index contributed by atoms with van der Waals surface area (Å²) in [6.07, 6.45) is 8.04. The Balaban J connectivity index is 1.37. The van der Waals surface area contributed by atoms with Crippen molar-refractivity contribution in [3.05, 3.63) is 89.3 Å². The molecule has 1 amide bonds. The second-order valence-corrected chi connectivity index (χ2v) is 6.49. The number of benzene rings is 2. The van der Waals surface area contributed by atoms with Gasteiger partial charge in [0.25, 0.3) is 0 Å². The minimum atomic E-state index is -0.111. The number of carbonyl (C=O) groups is 1. The predicted molar refractivity (Wildman–Crippen MR) is 104 cm³/mol. The molecule has 2 heterocycles. The Morgan fingerprint density at radius 2 is 2.07 bits per heavy atom. The highest BCUT2D eigenvalue weighted by atomic mass is 16.5. The molecule has 1 aromatic heterocycles. The molecular weight excluding hydrogens is 338 g/mol. The molecule has 1 aliphatic rings. The number of aromatic nitrogens is 2. The third kappa shape index (κ3) is 4.26. The van der Waals surface area contributed by atoms with Gasteiger partial charge in [0.2, 0.25) is 5.91 Å². The lowest BCUT2D eigenvalue weighted by Gasteiger charge is -2.10. The second-order valence-electron chi connectivity index (χ2n) is 6.49. The molecule has 0 aliphatic carbocycles. The Morgan fingerprint density at radius 1 is 1.19 bits per heavy atom. The van der Waals surface area contributed by atoms with E-state index in [1.807, 2.05) is 53.4 Å². The van der Waals surface area contributed by atoms with Gasteiger partial charge in [-0.25, -0.2) is 0 Å². The summed E-state index contributed by atoms with van der Waals surface area (Å²) < 4.78 is 7.38. The molecule has 5 nitrogen and oxygen atoms in total. The van der Waals surface area contributed by atoms with Crippen molar-refractivity contribution < 1.29 is 9.53 Å². The van der Waals surface area contributed by atoms with Gasteiger partial charge in [-0.2, -0.15) is 5.10 Å². The summed E-state index contributed by atoms with van der Waals surface area (Å²) in [7, 11) is 0. The van der Waals surface area contributed by atoms with E-state index in [0.29, 0.717) is 13.1 Å². The van der Waals surface area contributed by atoms with Crippen LogP contribution in [0.25, 0.3) is 6.08 Å². The molecule has 3 aromatic rings. The van der Waals surface area contributed by atoms with Crippen LogP contribution in [0.5, 0.6) is 5.75 Å². The number of nitrogens with zero attached hydrogens (tertiary/aromatic N) is 2. The molecule has 0 atom stereocenters. The van der Waals surface area contributed by atoms with E-state index in [-0.39, 0.29) is 5.91 Å². The largest absolute Gasteiger partial charge is 0.493 e. The van der Waals surface area contributed by atoms with E-state index in [9.17, 15) is 4.79 Å². The van der Waals surface area contributed by atoms with Crippen LogP contribution in [0, 0.1) is 0 Å². The SMILES string of the molecule is O=C(/C=C/c1ccc2c(c1)CCO2)NCc1ccccc1Cn1cccn1. The lowest BCUT2D eigenvalue weighted by molar-refractivity contribution is -0.116. The van der Waals surface area contributed by atoms with Gasteiger partial charge in [0, 0.05) is 31.4 Å². The maximum atomic E-state index is 12.2. The molecular formula is C22H21N3O2. The fourth-order valence-corrected chi connectivity index (χ4v) is 3.18. The van der Waals surface area contributed by atoms with Crippen LogP contribution >= 0.6 is 0 Å². The minimum absolute atomic E-state index is 0.111. The summed E-state index contributed by atoms with van der Waals surface area (Å²) in [6.45, 7) is 1.91. The van der Waals surface area contributed by atoms with Gasteiger partial charge in [0.05, 0.1) is 13.2 Å². The molecule has 0 spiro atoms. The summed E-state index contributed by atoms with van der Waals surface area (Å²) in [5.74, 6) is 0.839. The van der Waals surface area contributed by atoms with Crippen LogP contribution in [-0.4, -0.2) is 22.3 Å². The van der Waals surface area contributed by atoms with Crippen LogP contribution in [-0.2, 0) is 24.3 Å². The van der Waals surface area contributed by atoms with Crippen LogP contribution < -0.4 is 10.1 Å². The predicted octanol–water partition coefficient (Wildman–Crippen LogP) is 3.20. The van der Waals surface area contributed by atoms with Crippen molar-refractivity contribution in [2.45, 2.75) is 19.5 Å².